The Morgan fingerprint density at radius 3 is 2.74 bits per heavy atom. The fraction of sp³-hybridized carbons (Fsp3) is 0.0909. The number of aromatic nitrogens is 4. The number of thioether (sulfide) groups is 1. The first-order valence-corrected chi connectivity index (χ1v) is 7.91. The molecule has 0 fully saturated rings. The van der Waals surface area contributed by atoms with E-state index in [9.17, 15) is 0 Å². The minimum atomic E-state index is 0.520. The highest BCUT2D eigenvalue weighted by atomic mass is 79.9. The number of hydrogen-bond donors (Lipinski definition) is 0. The highest BCUT2D eigenvalue weighted by molar-refractivity contribution is 9.10. The van der Waals surface area contributed by atoms with Crippen LogP contribution in [-0.4, -0.2) is 19.8 Å². The second-order valence-corrected chi connectivity index (χ2v) is 6.02. The predicted molar refractivity (Wildman–Crippen MR) is 76.9 cm³/mol. The summed E-state index contributed by atoms with van der Waals surface area (Å²) in [6, 6.07) is 7.73. The van der Waals surface area contributed by atoms with Crippen molar-refractivity contribution in [1.82, 2.24) is 19.8 Å². The van der Waals surface area contributed by atoms with E-state index in [-0.39, 0.29) is 0 Å². The van der Waals surface area contributed by atoms with Gasteiger partial charge in [-0.25, -0.2) is 0 Å². The van der Waals surface area contributed by atoms with Gasteiger partial charge in [-0.3, -0.25) is 0 Å². The van der Waals surface area contributed by atoms with Crippen molar-refractivity contribution < 1.29 is 4.42 Å². The van der Waals surface area contributed by atoms with Gasteiger partial charge in [-0.15, -0.1) is 15.3 Å². The topological polar surface area (TPSA) is 64.7 Å². The molecule has 0 N–H and O–H groups in total. The standard InChI is InChI=1S/C11H7BrN4OS2/c12-8-3-1-7(2-4-8)10-14-15-11(17-10)18-5-9-6-19-16-13-9/h1-4,6H,5H2. The number of halogens is 1. The van der Waals surface area contributed by atoms with Crippen LogP contribution in [0.15, 0.2) is 43.8 Å². The van der Waals surface area contributed by atoms with Crippen molar-refractivity contribution in [3.8, 4) is 11.5 Å². The van der Waals surface area contributed by atoms with E-state index in [0.29, 0.717) is 16.9 Å². The molecule has 3 rings (SSSR count). The lowest BCUT2D eigenvalue weighted by Gasteiger charge is -1.94. The number of rotatable bonds is 4. The van der Waals surface area contributed by atoms with Crippen LogP contribution in [0.5, 0.6) is 0 Å². The SMILES string of the molecule is Brc1ccc(-c2nnc(SCc3csnn3)o2)cc1. The summed E-state index contributed by atoms with van der Waals surface area (Å²) in [5, 5.41) is 14.4. The van der Waals surface area contributed by atoms with Crippen molar-refractivity contribution in [1.29, 1.82) is 0 Å². The Bertz CT molecular complexity index is 654. The molecule has 0 atom stereocenters. The molecule has 8 heteroatoms. The number of nitrogens with zero attached hydrogens (tertiary/aromatic N) is 4. The molecule has 0 aliphatic heterocycles. The molecule has 0 aliphatic carbocycles. The first kappa shape index (κ1) is 12.8. The van der Waals surface area contributed by atoms with Crippen LogP contribution >= 0.6 is 39.2 Å². The Morgan fingerprint density at radius 1 is 1.16 bits per heavy atom. The molecule has 0 saturated heterocycles. The first-order valence-electron chi connectivity index (χ1n) is 5.29. The maximum Gasteiger partial charge on any atom is 0.277 e. The highest BCUT2D eigenvalue weighted by Crippen LogP contribution is 2.26. The summed E-state index contributed by atoms with van der Waals surface area (Å²) in [4.78, 5) is 0. The molecule has 0 unspecified atom stereocenters. The molecule has 0 spiro atoms. The van der Waals surface area contributed by atoms with E-state index in [1.54, 1.807) is 0 Å². The molecule has 3 aromatic rings. The second-order valence-electron chi connectivity index (χ2n) is 3.56. The van der Waals surface area contributed by atoms with Gasteiger partial charge in [-0.1, -0.05) is 32.2 Å². The molecule has 0 aliphatic rings. The van der Waals surface area contributed by atoms with E-state index in [1.165, 1.54) is 23.3 Å². The Hall–Kier alpha value is -1.25. The summed E-state index contributed by atoms with van der Waals surface area (Å²) < 4.78 is 10.4. The van der Waals surface area contributed by atoms with Crippen molar-refractivity contribution in [2.24, 2.45) is 0 Å². The van der Waals surface area contributed by atoms with Crippen molar-refractivity contribution in [3.63, 3.8) is 0 Å². The normalized spacial score (nSPS) is 10.8. The fourth-order valence-electron chi connectivity index (χ4n) is 1.36. The van der Waals surface area contributed by atoms with E-state index in [1.807, 2.05) is 29.6 Å². The van der Waals surface area contributed by atoms with Crippen LogP contribution in [0.25, 0.3) is 11.5 Å². The van der Waals surface area contributed by atoms with Crippen LogP contribution in [0, 0.1) is 0 Å². The molecule has 0 saturated carbocycles. The molecular weight excluding hydrogens is 348 g/mol. The van der Waals surface area contributed by atoms with Crippen LogP contribution in [0.1, 0.15) is 5.69 Å². The lowest BCUT2D eigenvalue weighted by molar-refractivity contribution is 0.466. The Kier molecular flexibility index (Phi) is 3.90. The maximum absolute atomic E-state index is 5.59. The van der Waals surface area contributed by atoms with Crippen molar-refractivity contribution in [2.75, 3.05) is 0 Å². The van der Waals surface area contributed by atoms with Gasteiger partial charge in [-0.05, 0) is 35.8 Å². The molecule has 2 aromatic heterocycles. The third kappa shape index (κ3) is 3.20. The molecule has 0 radical (unpaired) electrons. The third-order valence-electron chi connectivity index (χ3n) is 2.25. The van der Waals surface area contributed by atoms with Crippen molar-refractivity contribution in [3.05, 3.63) is 39.8 Å². The van der Waals surface area contributed by atoms with Crippen LogP contribution in [0.3, 0.4) is 0 Å². The van der Waals surface area contributed by atoms with Gasteiger partial charge in [0.2, 0.25) is 5.89 Å². The molecule has 1 aromatic carbocycles. The molecule has 0 bridgehead atoms. The summed E-state index contributed by atoms with van der Waals surface area (Å²) in [5.74, 6) is 1.20. The van der Waals surface area contributed by atoms with Crippen LogP contribution in [0.4, 0.5) is 0 Å². The zero-order chi connectivity index (χ0) is 13.1. The van der Waals surface area contributed by atoms with E-state index < -0.39 is 0 Å². The van der Waals surface area contributed by atoms with E-state index >= 15 is 0 Å². The average Bonchev–Trinajstić information content (AvgIpc) is 3.09. The molecule has 0 amide bonds. The monoisotopic (exact) mass is 354 g/mol. The van der Waals surface area contributed by atoms with Gasteiger partial charge in [-0.2, -0.15) is 0 Å². The lowest BCUT2D eigenvalue weighted by Crippen LogP contribution is -1.80. The van der Waals surface area contributed by atoms with Crippen LogP contribution in [-0.2, 0) is 5.75 Å². The van der Waals surface area contributed by atoms with Crippen LogP contribution < -0.4 is 0 Å². The van der Waals surface area contributed by atoms with Gasteiger partial charge in [0.05, 0.1) is 5.69 Å². The third-order valence-corrected chi connectivity index (χ3v) is 4.18. The molecule has 2 heterocycles. The molecular formula is C11H7BrN4OS2. The Labute approximate surface area is 125 Å². The smallest absolute Gasteiger partial charge is 0.277 e. The van der Waals surface area contributed by atoms with E-state index in [4.69, 9.17) is 4.42 Å². The van der Waals surface area contributed by atoms with Gasteiger partial charge in [0.25, 0.3) is 5.22 Å². The van der Waals surface area contributed by atoms with Gasteiger partial charge in [0, 0.05) is 21.2 Å². The maximum atomic E-state index is 5.59. The van der Waals surface area contributed by atoms with E-state index in [2.05, 4.69) is 35.7 Å². The van der Waals surface area contributed by atoms with Gasteiger partial charge >= 0.3 is 0 Å². The quantitative estimate of drug-likeness (QED) is 0.666. The lowest BCUT2D eigenvalue weighted by atomic mass is 10.2. The summed E-state index contributed by atoms with van der Waals surface area (Å²) in [7, 11) is 0. The summed E-state index contributed by atoms with van der Waals surface area (Å²) >= 11 is 6.17. The Balaban J connectivity index is 1.70. The fourth-order valence-corrected chi connectivity index (χ4v) is 2.83. The number of hydrogen-bond acceptors (Lipinski definition) is 7. The van der Waals surface area contributed by atoms with Gasteiger partial charge in [0.1, 0.15) is 0 Å². The number of benzene rings is 1. The van der Waals surface area contributed by atoms with E-state index in [0.717, 1.165) is 15.7 Å². The predicted octanol–water partition coefficient (Wildman–Crippen LogP) is 3.64. The summed E-state index contributed by atoms with van der Waals surface area (Å²) in [6.45, 7) is 0. The van der Waals surface area contributed by atoms with Crippen LogP contribution in [0.2, 0.25) is 0 Å². The zero-order valence-electron chi connectivity index (χ0n) is 9.49. The molecule has 5 nitrogen and oxygen atoms in total. The van der Waals surface area contributed by atoms with Gasteiger partial charge < -0.3 is 4.42 Å². The minimum absolute atomic E-state index is 0.520. The van der Waals surface area contributed by atoms with Crippen molar-refractivity contribution >= 4 is 39.2 Å². The second kappa shape index (κ2) is 5.81. The average molecular weight is 355 g/mol. The summed E-state index contributed by atoms with van der Waals surface area (Å²) in [6.07, 6.45) is 0. The molecule has 19 heavy (non-hydrogen) atoms. The summed E-state index contributed by atoms with van der Waals surface area (Å²) in [5.41, 5.74) is 1.82. The largest absolute Gasteiger partial charge is 0.411 e. The first-order chi connectivity index (χ1) is 9.31. The minimum Gasteiger partial charge on any atom is -0.411 e. The Morgan fingerprint density at radius 2 is 2.00 bits per heavy atom. The molecule has 96 valence electrons. The van der Waals surface area contributed by atoms with Gasteiger partial charge in [0.15, 0.2) is 0 Å². The highest BCUT2D eigenvalue weighted by Gasteiger charge is 2.09. The zero-order valence-corrected chi connectivity index (χ0v) is 12.7. The van der Waals surface area contributed by atoms with Crippen molar-refractivity contribution in [2.45, 2.75) is 11.0 Å².